The second-order valence-electron chi connectivity index (χ2n) is 14.2. The lowest BCUT2D eigenvalue weighted by Gasteiger charge is -2.25. The first kappa shape index (κ1) is 48.2. The second-order valence-corrected chi connectivity index (χ2v) is 15.7. The summed E-state index contributed by atoms with van der Waals surface area (Å²) in [6.45, 7) is 4.16. The summed E-state index contributed by atoms with van der Waals surface area (Å²) in [6.07, 6.45) is 39.6. The number of unbranched alkanes of at least 4 members (excludes halogenated alkanes) is 25. The van der Waals surface area contributed by atoms with Crippen molar-refractivity contribution in [1.82, 2.24) is 5.32 Å². The second kappa shape index (κ2) is 37.0. The van der Waals surface area contributed by atoms with Gasteiger partial charge in [-0.3, -0.25) is 13.8 Å². The number of phosphoric acid groups is 1. The summed E-state index contributed by atoms with van der Waals surface area (Å²) in [5, 5.41) is 13.6. The van der Waals surface area contributed by atoms with E-state index in [-0.39, 0.29) is 25.7 Å². The van der Waals surface area contributed by atoms with Gasteiger partial charge >= 0.3 is 7.82 Å². The molecule has 0 saturated heterocycles. The van der Waals surface area contributed by atoms with E-state index < -0.39 is 20.0 Å². The molecule has 9 heteroatoms. The van der Waals surface area contributed by atoms with E-state index in [4.69, 9.17) is 14.8 Å². The molecule has 0 aliphatic heterocycles. The van der Waals surface area contributed by atoms with Gasteiger partial charge in [-0.1, -0.05) is 174 Å². The molecule has 0 aliphatic carbocycles. The zero-order valence-corrected chi connectivity index (χ0v) is 33.1. The number of nitrogens with one attached hydrogen (secondary N) is 1. The topological polar surface area (TPSA) is 131 Å². The number of rotatable bonds is 39. The predicted molar refractivity (Wildman–Crippen MR) is 208 cm³/mol. The average molecular weight is 717 g/mol. The minimum atomic E-state index is -4.30. The molecule has 5 N–H and O–H groups in total. The molecule has 292 valence electrons. The first-order chi connectivity index (χ1) is 23.9. The molecule has 0 saturated carbocycles. The van der Waals surface area contributed by atoms with Crippen LogP contribution in [0.15, 0.2) is 12.2 Å². The molecule has 3 unspecified atom stereocenters. The van der Waals surface area contributed by atoms with Crippen LogP contribution in [0.3, 0.4) is 0 Å². The van der Waals surface area contributed by atoms with Crippen molar-refractivity contribution in [3.05, 3.63) is 12.2 Å². The van der Waals surface area contributed by atoms with Crippen molar-refractivity contribution >= 4 is 13.7 Å². The highest BCUT2D eigenvalue weighted by Crippen LogP contribution is 2.43. The van der Waals surface area contributed by atoms with Gasteiger partial charge in [-0.15, -0.1) is 0 Å². The van der Waals surface area contributed by atoms with Gasteiger partial charge in [0.05, 0.1) is 25.4 Å². The van der Waals surface area contributed by atoms with Crippen molar-refractivity contribution in [3.63, 3.8) is 0 Å². The number of allylic oxidation sites excluding steroid dienone is 2. The van der Waals surface area contributed by atoms with Crippen molar-refractivity contribution < 1.29 is 28.4 Å². The normalized spacial score (nSPS) is 14.3. The fourth-order valence-electron chi connectivity index (χ4n) is 6.19. The molecule has 3 atom stereocenters. The van der Waals surface area contributed by atoms with Gasteiger partial charge in [-0.2, -0.15) is 0 Å². The third-order valence-electron chi connectivity index (χ3n) is 9.37. The molecule has 0 aromatic heterocycles. The number of hydrogen-bond donors (Lipinski definition) is 4. The van der Waals surface area contributed by atoms with Crippen molar-refractivity contribution in [2.45, 2.75) is 219 Å². The maximum Gasteiger partial charge on any atom is 0.472 e. The summed E-state index contributed by atoms with van der Waals surface area (Å²) in [5.41, 5.74) is 5.35. The molecule has 8 nitrogen and oxygen atoms in total. The highest BCUT2D eigenvalue weighted by Gasteiger charge is 2.27. The molecule has 0 rings (SSSR count). The molecule has 0 bridgehead atoms. The Kier molecular flexibility index (Phi) is 36.4. The Morgan fingerprint density at radius 2 is 1.06 bits per heavy atom. The lowest BCUT2D eigenvalue weighted by atomic mass is 10.0. The van der Waals surface area contributed by atoms with E-state index in [9.17, 15) is 19.4 Å². The summed E-state index contributed by atoms with van der Waals surface area (Å²) in [6, 6.07) is -0.768. The molecule has 0 spiro atoms. The Morgan fingerprint density at radius 1 is 0.653 bits per heavy atom. The van der Waals surface area contributed by atoms with E-state index in [2.05, 4.69) is 31.3 Å². The number of phosphoric ester groups is 1. The molecule has 0 aromatic carbocycles. The fourth-order valence-corrected chi connectivity index (χ4v) is 6.95. The third-order valence-corrected chi connectivity index (χ3v) is 10.4. The molecule has 0 fully saturated rings. The van der Waals surface area contributed by atoms with Gasteiger partial charge in [0.15, 0.2) is 0 Å². The molecule has 0 radical (unpaired) electrons. The SMILES string of the molecule is CCCCCCCCCC/C=C\CCCCCCCCCCCCCC(=O)NC(COP(=O)(O)OCCN)C(O)CCCCCCCCC. The van der Waals surface area contributed by atoms with Gasteiger partial charge < -0.3 is 21.1 Å². The fraction of sp³-hybridized carbons (Fsp3) is 0.925. The zero-order chi connectivity index (χ0) is 36.1. The van der Waals surface area contributed by atoms with Crippen molar-refractivity contribution in [2.24, 2.45) is 5.73 Å². The number of nitrogens with two attached hydrogens (primary N) is 1. The Bertz CT molecular complexity index is 784. The number of amides is 1. The van der Waals surface area contributed by atoms with E-state index in [0.29, 0.717) is 12.8 Å². The van der Waals surface area contributed by atoms with Crippen LogP contribution in [0.5, 0.6) is 0 Å². The highest BCUT2D eigenvalue weighted by atomic mass is 31.2. The van der Waals surface area contributed by atoms with Crippen molar-refractivity contribution in [3.8, 4) is 0 Å². The van der Waals surface area contributed by atoms with E-state index in [1.165, 1.54) is 141 Å². The Hall–Kier alpha value is -0.760. The van der Waals surface area contributed by atoms with Gasteiger partial charge in [0, 0.05) is 13.0 Å². The van der Waals surface area contributed by atoms with Gasteiger partial charge in [-0.25, -0.2) is 4.57 Å². The molecular weight excluding hydrogens is 635 g/mol. The molecular formula is C40H81N2O6P. The number of hydrogen-bond acceptors (Lipinski definition) is 6. The standard InChI is InChI=1S/C40H81N2O6P/c1-3-5-7-9-11-12-13-14-15-16-17-18-19-20-21-22-23-24-25-26-28-30-32-34-40(44)42-38(37-48-49(45,46)47-36-35-41)39(43)33-31-29-27-10-8-6-4-2/h16-17,38-39,43H,3-15,18-37,41H2,1-2H3,(H,42,44)(H,45,46)/b17-16-. The van der Waals surface area contributed by atoms with Crippen LogP contribution >= 0.6 is 7.82 Å². The number of aliphatic hydroxyl groups is 1. The summed E-state index contributed by atoms with van der Waals surface area (Å²) < 4.78 is 22.0. The monoisotopic (exact) mass is 717 g/mol. The Labute approximate surface area is 303 Å². The minimum absolute atomic E-state index is 0.0900. The van der Waals surface area contributed by atoms with Crippen LogP contribution in [0.4, 0.5) is 0 Å². The summed E-state index contributed by atoms with van der Waals surface area (Å²) in [5.74, 6) is -0.165. The van der Waals surface area contributed by atoms with Crippen LogP contribution in [-0.4, -0.2) is 47.8 Å². The smallest absolute Gasteiger partial charge is 0.391 e. The number of carbonyl (C=O) groups is 1. The quantitative estimate of drug-likeness (QED) is 0.0283. The lowest BCUT2D eigenvalue weighted by Crippen LogP contribution is -2.46. The molecule has 0 aromatic rings. The first-order valence-corrected chi connectivity index (χ1v) is 22.3. The van der Waals surface area contributed by atoms with E-state index in [0.717, 1.165) is 38.5 Å². The van der Waals surface area contributed by atoms with E-state index in [1.807, 2.05) is 0 Å². The lowest BCUT2D eigenvalue weighted by molar-refractivity contribution is -0.123. The Balaban J connectivity index is 3.94. The van der Waals surface area contributed by atoms with Crippen LogP contribution in [0.1, 0.15) is 206 Å². The largest absolute Gasteiger partial charge is 0.472 e. The van der Waals surface area contributed by atoms with E-state index in [1.54, 1.807) is 0 Å². The van der Waals surface area contributed by atoms with Crippen LogP contribution in [-0.2, 0) is 18.4 Å². The number of aliphatic hydroxyl groups excluding tert-OH is 1. The van der Waals surface area contributed by atoms with Gasteiger partial charge in [-0.05, 0) is 38.5 Å². The average Bonchev–Trinajstić information content (AvgIpc) is 3.09. The first-order valence-electron chi connectivity index (χ1n) is 20.8. The van der Waals surface area contributed by atoms with E-state index >= 15 is 0 Å². The van der Waals surface area contributed by atoms with Crippen LogP contribution in [0.2, 0.25) is 0 Å². The van der Waals surface area contributed by atoms with Crippen molar-refractivity contribution in [1.29, 1.82) is 0 Å². The maximum absolute atomic E-state index is 12.7. The third kappa shape index (κ3) is 35.4. The molecule has 0 aliphatic rings. The molecule has 49 heavy (non-hydrogen) atoms. The van der Waals surface area contributed by atoms with Crippen LogP contribution in [0, 0.1) is 0 Å². The molecule has 0 heterocycles. The maximum atomic E-state index is 12.7. The van der Waals surface area contributed by atoms with Gasteiger partial charge in [0.1, 0.15) is 0 Å². The van der Waals surface area contributed by atoms with Crippen LogP contribution in [0.25, 0.3) is 0 Å². The number of carbonyl (C=O) groups excluding carboxylic acids is 1. The van der Waals surface area contributed by atoms with Gasteiger partial charge in [0.2, 0.25) is 5.91 Å². The zero-order valence-electron chi connectivity index (χ0n) is 32.2. The summed E-state index contributed by atoms with van der Waals surface area (Å²) in [7, 11) is -4.30. The highest BCUT2D eigenvalue weighted by molar-refractivity contribution is 7.47. The van der Waals surface area contributed by atoms with Crippen molar-refractivity contribution in [2.75, 3.05) is 19.8 Å². The Morgan fingerprint density at radius 3 is 1.51 bits per heavy atom. The predicted octanol–water partition coefficient (Wildman–Crippen LogP) is 11.2. The van der Waals surface area contributed by atoms with Gasteiger partial charge in [0.25, 0.3) is 0 Å². The minimum Gasteiger partial charge on any atom is -0.391 e. The molecule has 1 amide bonds. The van der Waals surface area contributed by atoms with Crippen LogP contribution < -0.4 is 11.1 Å². The summed E-state index contributed by atoms with van der Waals surface area (Å²) >= 11 is 0. The summed E-state index contributed by atoms with van der Waals surface area (Å²) in [4.78, 5) is 22.6.